The summed E-state index contributed by atoms with van der Waals surface area (Å²) in [7, 11) is 1.16. The van der Waals surface area contributed by atoms with Crippen LogP contribution in [0.3, 0.4) is 0 Å². The van der Waals surface area contributed by atoms with Gasteiger partial charge in [0.1, 0.15) is 5.82 Å². The minimum atomic E-state index is -0.878. The van der Waals surface area contributed by atoms with E-state index in [1.165, 1.54) is 18.2 Å². The van der Waals surface area contributed by atoms with Gasteiger partial charge in [-0.15, -0.1) is 0 Å². The SMILES string of the molecule is COc1c(F)cc(CC(=O)NCc2cc(C(C)(C)C)nn2-c2ccc(F)c(Cl)c2)cc1F. The van der Waals surface area contributed by atoms with Crippen molar-refractivity contribution in [2.75, 3.05) is 7.11 Å². The molecule has 9 heteroatoms. The van der Waals surface area contributed by atoms with E-state index in [0.717, 1.165) is 24.9 Å². The van der Waals surface area contributed by atoms with Crippen LogP contribution in [0, 0.1) is 17.5 Å². The Morgan fingerprint density at radius 1 is 1.09 bits per heavy atom. The number of ether oxygens (including phenoxy) is 1. The van der Waals surface area contributed by atoms with Crippen molar-refractivity contribution in [1.29, 1.82) is 0 Å². The first-order valence-corrected chi connectivity index (χ1v) is 10.2. The smallest absolute Gasteiger partial charge is 0.224 e. The van der Waals surface area contributed by atoms with Crippen molar-refractivity contribution in [2.45, 2.75) is 39.2 Å². The number of carbonyl (C=O) groups excluding carboxylic acids is 1. The number of amides is 1. The van der Waals surface area contributed by atoms with E-state index in [1.807, 2.05) is 26.8 Å². The molecular weight excluding hydrogens is 443 g/mol. The maximum Gasteiger partial charge on any atom is 0.224 e. The van der Waals surface area contributed by atoms with Gasteiger partial charge in [-0.05, 0) is 42.0 Å². The van der Waals surface area contributed by atoms with E-state index in [0.29, 0.717) is 11.4 Å². The first-order valence-electron chi connectivity index (χ1n) is 9.83. The molecule has 170 valence electrons. The summed E-state index contributed by atoms with van der Waals surface area (Å²) in [4.78, 5) is 12.4. The van der Waals surface area contributed by atoms with Crippen LogP contribution in [0.15, 0.2) is 36.4 Å². The Labute approximate surface area is 189 Å². The van der Waals surface area contributed by atoms with Crippen LogP contribution in [0.5, 0.6) is 5.75 Å². The van der Waals surface area contributed by atoms with Crippen molar-refractivity contribution in [3.05, 3.63) is 75.8 Å². The average molecular weight is 466 g/mol. The molecule has 0 saturated carbocycles. The fourth-order valence-electron chi connectivity index (χ4n) is 3.10. The van der Waals surface area contributed by atoms with Crippen LogP contribution in [0.4, 0.5) is 13.2 Å². The molecule has 0 unspecified atom stereocenters. The van der Waals surface area contributed by atoms with E-state index < -0.39 is 29.1 Å². The monoisotopic (exact) mass is 465 g/mol. The number of methoxy groups -OCH3 is 1. The van der Waals surface area contributed by atoms with Gasteiger partial charge in [0, 0.05) is 5.41 Å². The summed E-state index contributed by atoms with van der Waals surface area (Å²) in [5.41, 5.74) is 1.84. The highest BCUT2D eigenvalue weighted by atomic mass is 35.5. The molecule has 0 spiro atoms. The lowest BCUT2D eigenvalue weighted by Crippen LogP contribution is -2.26. The number of carbonyl (C=O) groups is 1. The molecule has 0 aliphatic heterocycles. The summed E-state index contributed by atoms with van der Waals surface area (Å²) in [6.45, 7) is 6.07. The predicted molar refractivity (Wildman–Crippen MR) is 116 cm³/mol. The van der Waals surface area contributed by atoms with E-state index in [9.17, 15) is 18.0 Å². The zero-order valence-electron chi connectivity index (χ0n) is 18.1. The lowest BCUT2D eigenvalue weighted by atomic mass is 9.92. The van der Waals surface area contributed by atoms with Crippen LogP contribution in [0.25, 0.3) is 5.69 Å². The molecular formula is C23H23ClF3N3O2. The Bertz CT molecular complexity index is 1130. The number of benzene rings is 2. The molecule has 3 aromatic rings. The normalized spacial score (nSPS) is 11.5. The van der Waals surface area contributed by atoms with Gasteiger partial charge in [-0.2, -0.15) is 5.10 Å². The first kappa shape index (κ1) is 23.7. The van der Waals surface area contributed by atoms with Crippen molar-refractivity contribution in [2.24, 2.45) is 0 Å². The third-order valence-electron chi connectivity index (χ3n) is 4.79. The first-order chi connectivity index (χ1) is 15.0. The van der Waals surface area contributed by atoms with Gasteiger partial charge in [0.25, 0.3) is 0 Å². The largest absolute Gasteiger partial charge is 0.491 e. The summed E-state index contributed by atoms with van der Waals surface area (Å²) >= 11 is 5.92. The second-order valence-corrected chi connectivity index (χ2v) is 8.73. The number of aromatic nitrogens is 2. The molecule has 1 N–H and O–H groups in total. The van der Waals surface area contributed by atoms with Crippen LogP contribution in [-0.4, -0.2) is 22.8 Å². The molecule has 0 fully saturated rings. The minimum Gasteiger partial charge on any atom is -0.491 e. The minimum absolute atomic E-state index is 0.0474. The third kappa shape index (κ3) is 5.24. The number of rotatable bonds is 6. The van der Waals surface area contributed by atoms with Gasteiger partial charge in [-0.3, -0.25) is 4.79 Å². The third-order valence-corrected chi connectivity index (χ3v) is 5.08. The van der Waals surface area contributed by atoms with E-state index in [-0.39, 0.29) is 29.0 Å². The number of nitrogens with zero attached hydrogens (tertiary/aromatic N) is 2. The lowest BCUT2D eigenvalue weighted by molar-refractivity contribution is -0.120. The van der Waals surface area contributed by atoms with E-state index in [2.05, 4.69) is 15.2 Å². The second kappa shape index (κ2) is 9.24. The molecule has 2 aromatic carbocycles. The van der Waals surface area contributed by atoms with Crippen LogP contribution >= 0.6 is 11.6 Å². The topological polar surface area (TPSA) is 56.1 Å². The van der Waals surface area contributed by atoms with Gasteiger partial charge < -0.3 is 10.1 Å². The second-order valence-electron chi connectivity index (χ2n) is 8.33. The molecule has 0 radical (unpaired) electrons. The number of halogens is 4. The van der Waals surface area contributed by atoms with E-state index >= 15 is 0 Å². The standard InChI is InChI=1S/C23H23ClF3N3O2/c1-23(2,3)20-11-15(30(29-20)14-5-6-17(25)16(24)10-14)12-28-21(31)9-13-7-18(26)22(32-4)19(27)8-13/h5-8,10-11H,9,12H2,1-4H3,(H,28,31). The van der Waals surface area contributed by atoms with Gasteiger partial charge in [-0.25, -0.2) is 17.9 Å². The van der Waals surface area contributed by atoms with Crippen LogP contribution in [0.1, 0.15) is 37.7 Å². The Balaban J connectivity index is 1.81. The van der Waals surface area contributed by atoms with Crippen molar-refractivity contribution in [3.8, 4) is 11.4 Å². The maximum absolute atomic E-state index is 13.9. The molecule has 0 atom stereocenters. The fourth-order valence-corrected chi connectivity index (χ4v) is 3.27. The molecule has 0 saturated heterocycles. The van der Waals surface area contributed by atoms with Crippen LogP contribution < -0.4 is 10.1 Å². The lowest BCUT2D eigenvalue weighted by Gasteiger charge is -2.14. The zero-order valence-corrected chi connectivity index (χ0v) is 18.9. The van der Waals surface area contributed by atoms with E-state index in [4.69, 9.17) is 11.6 Å². The number of hydrogen-bond donors (Lipinski definition) is 1. The summed E-state index contributed by atoms with van der Waals surface area (Å²) in [6, 6.07) is 8.18. The van der Waals surface area contributed by atoms with Crippen LogP contribution in [0.2, 0.25) is 5.02 Å². The number of hydrogen-bond acceptors (Lipinski definition) is 3. The molecule has 1 amide bonds. The highest BCUT2D eigenvalue weighted by Gasteiger charge is 2.21. The molecule has 32 heavy (non-hydrogen) atoms. The van der Waals surface area contributed by atoms with Crippen LogP contribution in [-0.2, 0) is 23.2 Å². The van der Waals surface area contributed by atoms with Gasteiger partial charge in [-0.1, -0.05) is 32.4 Å². The van der Waals surface area contributed by atoms with Gasteiger partial charge in [0.15, 0.2) is 17.4 Å². The van der Waals surface area contributed by atoms with Crippen molar-refractivity contribution >= 4 is 17.5 Å². The Morgan fingerprint density at radius 2 is 1.75 bits per heavy atom. The summed E-state index contributed by atoms with van der Waals surface area (Å²) in [6.07, 6.45) is -0.222. The molecule has 1 aromatic heterocycles. The molecule has 3 rings (SSSR count). The van der Waals surface area contributed by atoms with Crippen molar-refractivity contribution in [3.63, 3.8) is 0 Å². The Kier molecular flexibility index (Phi) is 6.83. The van der Waals surface area contributed by atoms with Gasteiger partial charge >= 0.3 is 0 Å². The molecule has 5 nitrogen and oxygen atoms in total. The highest BCUT2D eigenvalue weighted by Crippen LogP contribution is 2.26. The molecule has 0 aliphatic carbocycles. The van der Waals surface area contributed by atoms with Crippen molar-refractivity contribution in [1.82, 2.24) is 15.1 Å². The van der Waals surface area contributed by atoms with Gasteiger partial charge in [0.2, 0.25) is 5.91 Å². The van der Waals surface area contributed by atoms with Gasteiger partial charge in [0.05, 0.1) is 42.2 Å². The highest BCUT2D eigenvalue weighted by molar-refractivity contribution is 6.30. The van der Waals surface area contributed by atoms with E-state index in [1.54, 1.807) is 4.68 Å². The Morgan fingerprint density at radius 3 is 2.31 bits per heavy atom. The maximum atomic E-state index is 13.9. The predicted octanol–water partition coefficient (Wildman–Crippen LogP) is 5.11. The zero-order chi connectivity index (χ0) is 23.6. The fraction of sp³-hybridized carbons (Fsp3) is 0.304. The summed E-state index contributed by atoms with van der Waals surface area (Å²) in [5, 5.41) is 7.28. The molecule has 0 aliphatic rings. The quantitative estimate of drug-likeness (QED) is 0.550. The average Bonchev–Trinajstić information content (AvgIpc) is 3.13. The molecule has 0 bridgehead atoms. The summed E-state index contributed by atoms with van der Waals surface area (Å²) in [5.74, 6) is -3.23. The molecule has 1 heterocycles. The summed E-state index contributed by atoms with van der Waals surface area (Å²) < 4.78 is 47.6. The Hall–Kier alpha value is -3.00. The number of nitrogens with one attached hydrogen (secondary N) is 1. The van der Waals surface area contributed by atoms with Crippen molar-refractivity contribution < 1.29 is 22.7 Å².